The third-order valence-electron chi connectivity index (χ3n) is 2.93. The molecule has 1 amide bonds. The molecule has 0 aliphatic heterocycles. The van der Waals surface area contributed by atoms with E-state index in [-0.39, 0.29) is 5.91 Å². The van der Waals surface area contributed by atoms with Gasteiger partial charge in [-0.05, 0) is 31.2 Å². The molecule has 104 valence electrons. The summed E-state index contributed by atoms with van der Waals surface area (Å²) >= 11 is 0. The molecule has 2 rings (SSSR count). The van der Waals surface area contributed by atoms with Gasteiger partial charge in [0.1, 0.15) is 5.75 Å². The summed E-state index contributed by atoms with van der Waals surface area (Å²) in [6.45, 7) is 1.92. The Morgan fingerprint density at radius 2 is 1.90 bits per heavy atom. The molecule has 2 aromatic carbocycles. The summed E-state index contributed by atoms with van der Waals surface area (Å²) in [4.78, 5) is 12.4. The van der Waals surface area contributed by atoms with E-state index in [2.05, 4.69) is 10.7 Å². The Morgan fingerprint density at radius 3 is 2.60 bits per heavy atom. The van der Waals surface area contributed by atoms with Crippen molar-refractivity contribution >= 4 is 17.3 Å². The van der Waals surface area contributed by atoms with E-state index in [1.807, 2.05) is 25.1 Å². The van der Waals surface area contributed by atoms with Gasteiger partial charge in [0.15, 0.2) is 0 Å². The van der Waals surface area contributed by atoms with Crippen molar-refractivity contribution in [3.63, 3.8) is 0 Å². The van der Waals surface area contributed by atoms with E-state index in [4.69, 9.17) is 10.6 Å². The SMILES string of the molecule is COc1ccccc1NC(=O)c1cc(C)ccc1NN. The first-order valence-corrected chi connectivity index (χ1v) is 6.17. The van der Waals surface area contributed by atoms with Crippen LogP contribution in [0, 0.1) is 6.92 Å². The Labute approximate surface area is 117 Å². The van der Waals surface area contributed by atoms with Crippen LogP contribution < -0.4 is 21.3 Å². The van der Waals surface area contributed by atoms with E-state index in [0.717, 1.165) is 5.56 Å². The van der Waals surface area contributed by atoms with Gasteiger partial charge >= 0.3 is 0 Å². The number of aryl methyl sites for hydroxylation is 1. The van der Waals surface area contributed by atoms with Crippen LogP contribution in [0.2, 0.25) is 0 Å². The lowest BCUT2D eigenvalue weighted by atomic mass is 10.1. The number of rotatable bonds is 4. The first-order valence-electron chi connectivity index (χ1n) is 6.17. The summed E-state index contributed by atoms with van der Waals surface area (Å²) < 4.78 is 5.21. The molecule has 4 N–H and O–H groups in total. The zero-order valence-electron chi connectivity index (χ0n) is 11.4. The summed E-state index contributed by atoms with van der Waals surface area (Å²) in [5.74, 6) is 5.80. The minimum atomic E-state index is -0.244. The second-order valence-corrected chi connectivity index (χ2v) is 4.35. The molecule has 0 aromatic heterocycles. The number of carbonyl (C=O) groups is 1. The molecule has 0 saturated heterocycles. The topological polar surface area (TPSA) is 76.4 Å². The fourth-order valence-electron chi connectivity index (χ4n) is 1.91. The predicted molar refractivity (Wildman–Crippen MR) is 79.9 cm³/mol. The van der Waals surface area contributed by atoms with Gasteiger partial charge in [-0.15, -0.1) is 0 Å². The number of amides is 1. The van der Waals surface area contributed by atoms with Gasteiger partial charge in [0.25, 0.3) is 5.91 Å². The first-order chi connectivity index (χ1) is 9.65. The lowest BCUT2D eigenvalue weighted by Crippen LogP contribution is -2.17. The van der Waals surface area contributed by atoms with E-state index in [0.29, 0.717) is 22.7 Å². The monoisotopic (exact) mass is 271 g/mol. The van der Waals surface area contributed by atoms with Gasteiger partial charge in [0, 0.05) is 0 Å². The lowest BCUT2D eigenvalue weighted by Gasteiger charge is -2.12. The van der Waals surface area contributed by atoms with Crippen LogP contribution in [0.1, 0.15) is 15.9 Å². The Hall–Kier alpha value is -2.53. The number of nitrogen functional groups attached to an aromatic ring is 1. The number of para-hydroxylation sites is 2. The quantitative estimate of drug-likeness (QED) is 0.590. The van der Waals surface area contributed by atoms with Crippen LogP contribution in [0.15, 0.2) is 42.5 Å². The number of nitrogens with one attached hydrogen (secondary N) is 2. The minimum absolute atomic E-state index is 0.244. The molecule has 0 spiro atoms. The first kappa shape index (κ1) is 13.9. The van der Waals surface area contributed by atoms with Crippen molar-refractivity contribution in [1.29, 1.82) is 0 Å². The number of hydrogen-bond donors (Lipinski definition) is 3. The molecule has 0 saturated carbocycles. The number of benzene rings is 2. The number of nitrogens with two attached hydrogens (primary N) is 1. The highest BCUT2D eigenvalue weighted by molar-refractivity contribution is 6.08. The summed E-state index contributed by atoms with van der Waals surface area (Å²) in [7, 11) is 1.56. The third-order valence-corrected chi connectivity index (χ3v) is 2.93. The fourth-order valence-corrected chi connectivity index (χ4v) is 1.91. The summed E-state index contributed by atoms with van der Waals surface area (Å²) in [5, 5.41) is 2.82. The maximum Gasteiger partial charge on any atom is 0.257 e. The van der Waals surface area contributed by atoms with Gasteiger partial charge < -0.3 is 15.5 Å². The van der Waals surface area contributed by atoms with Crippen molar-refractivity contribution in [2.75, 3.05) is 17.9 Å². The summed E-state index contributed by atoms with van der Waals surface area (Å²) in [6, 6.07) is 12.7. The Bertz CT molecular complexity index is 626. The molecule has 0 radical (unpaired) electrons. The summed E-state index contributed by atoms with van der Waals surface area (Å²) in [5.41, 5.74) is 5.18. The normalized spacial score (nSPS) is 9.95. The molecule has 0 aliphatic carbocycles. The Kier molecular flexibility index (Phi) is 4.22. The molecule has 0 heterocycles. The number of hydrogen-bond acceptors (Lipinski definition) is 4. The highest BCUT2D eigenvalue weighted by Crippen LogP contribution is 2.25. The largest absolute Gasteiger partial charge is 0.495 e. The highest BCUT2D eigenvalue weighted by atomic mass is 16.5. The third kappa shape index (κ3) is 2.89. The molecule has 0 unspecified atom stereocenters. The second-order valence-electron chi connectivity index (χ2n) is 4.35. The minimum Gasteiger partial charge on any atom is -0.495 e. The van der Waals surface area contributed by atoms with Gasteiger partial charge in [0.2, 0.25) is 0 Å². The molecular formula is C15H17N3O2. The number of ether oxygens (including phenoxy) is 1. The Balaban J connectivity index is 2.30. The summed E-state index contributed by atoms with van der Waals surface area (Å²) in [6.07, 6.45) is 0. The maximum absolute atomic E-state index is 12.4. The number of methoxy groups -OCH3 is 1. The zero-order chi connectivity index (χ0) is 14.5. The highest BCUT2D eigenvalue weighted by Gasteiger charge is 2.13. The van der Waals surface area contributed by atoms with Crippen LogP contribution in [-0.4, -0.2) is 13.0 Å². The lowest BCUT2D eigenvalue weighted by molar-refractivity contribution is 0.102. The van der Waals surface area contributed by atoms with Crippen LogP contribution in [0.25, 0.3) is 0 Å². The number of hydrazine groups is 1. The van der Waals surface area contributed by atoms with Gasteiger partial charge in [-0.1, -0.05) is 23.8 Å². The van der Waals surface area contributed by atoms with Gasteiger partial charge in [-0.2, -0.15) is 0 Å². The van der Waals surface area contributed by atoms with Crippen molar-refractivity contribution < 1.29 is 9.53 Å². The second kappa shape index (κ2) is 6.08. The molecule has 0 atom stereocenters. The zero-order valence-corrected chi connectivity index (χ0v) is 11.4. The molecular weight excluding hydrogens is 254 g/mol. The maximum atomic E-state index is 12.4. The molecule has 0 fully saturated rings. The molecule has 2 aromatic rings. The average Bonchev–Trinajstić information content (AvgIpc) is 2.47. The van der Waals surface area contributed by atoms with Crippen LogP contribution >= 0.6 is 0 Å². The molecule has 5 heteroatoms. The van der Waals surface area contributed by atoms with Crippen LogP contribution in [-0.2, 0) is 0 Å². The van der Waals surface area contributed by atoms with Gasteiger partial charge in [-0.3, -0.25) is 10.6 Å². The molecule has 5 nitrogen and oxygen atoms in total. The molecule has 0 aliphatic rings. The van der Waals surface area contributed by atoms with Crippen molar-refractivity contribution in [2.24, 2.45) is 5.84 Å². The predicted octanol–water partition coefficient (Wildman–Crippen LogP) is 2.54. The average molecular weight is 271 g/mol. The van der Waals surface area contributed by atoms with Crippen molar-refractivity contribution in [3.8, 4) is 5.75 Å². The van der Waals surface area contributed by atoms with Crippen LogP contribution in [0.5, 0.6) is 5.75 Å². The van der Waals surface area contributed by atoms with E-state index in [9.17, 15) is 4.79 Å². The molecule has 20 heavy (non-hydrogen) atoms. The Morgan fingerprint density at radius 1 is 1.15 bits per heavy atom. The fraction of sp³-hybridized carbons (Fsp3) is 0.133. The van der Waals surface area contributed by atoms with E-state index >= 15 is 0 Å². The number of anilines is 2. The standard InChI is InChI=1S/C15H17N3O2/c1-10-7-8-12(18-16)11(9-10)15(19)17-13-5-3-4-6-14(13)20-2/h3-9,18H,16H2,1-2H3,(H,17,19). The van der Waals surface area contributed by atoms with Crippen molar-refractivity contribution in [1.82, 2.24) is 0 Å². The van der Waals surface area contributed by atoms with E-state index in [1.165, 1.54) is 0 Å². The van der Waals surface area contributed by atoms with Gasteiger partial charge in [0.05, 0.1) is 24.0 Å². The van der Waals surface area contributed by atoms with E-state index < -0.39 is 0 Å². The van der Waals surface area contributed by atoms with E-state index in [1.54, 1.807) is 31.4 Å². The van der Waals surface area contributed by atoms with Gasteiger partial charge in [-0.25, -0.2) is 0 Å². The van der Waals surface area contributed by atoms with Crippen molar-refractivity contribution in [2.45, 2.75) is 6.92 Å². The van der Waals surface area contributed by atoms with Crippen molar-refractivity contribution in [3.05, 3.63) is 53.6 Å². The number of carbonyl (C=O) groups excluding carboxylic acids is 1. The van der Waals surface area contributed by atoms with Crippen LogP contribution in [0.3, 0.4) is 0 Å². The smallest absolute Gasteiger partial charge is 0.257 e. The van der Waals surface area contributed by atoms with Crippen LogP contribution in [0.4, 0.5) is 11.4 Å². The molecule has 0 bridgehead atoms.